The van der Waals surface area contributed by atoms with E-state index in [2.05, 4.69) is 28.3 Å². The van der Waals surface area contributed by atoms with E-state index < -0.39 is 0 Å². The lowest BCUT2D eigenvalue weighted by molar-refractivity contribution is 0.0756. The van der Waals surface area contributed by atoms with Crippen molar-refractivity contribution in [3.8, 4) is 12.3 Å². The maximum absolute atomic E-state index is 5.64. The van der Waals surface area contributed by atoms with Crippen LogP contribution in [0.3, 0.4) is 0 Å². The Kier molecular flexibility index (Phi) is 4.41. The first-order chi connectivity index (χ1) is 7.88. The minimum atomic E-state index is 0.383. The lowest BCUT2D eigenvalue weighted by atomic mass is 10.2. The van der Waals surface area contributed by atoms with Crippen LogP contribution >= 0.6 is 11.3 Å². The SMILES string of the molecule is C#CCN(Cc1cccs1)C[C@H]1CCCO1. The Labute approximate surface area is 101 Å². The van der Waals surface area contributed by atoms with Crippen LogP contribution in [0, 0.1) is 12.3 Å². The normalized spacial score (nSPS) is 20.1. The summed E-state index contributed by atoms with van der Waals surface area (Å²) in [5.41, 5.74) is 0. The molecule has 0 radical (unpaired) electrons. The number of thiophene rings is 1. The van der Waals surface area contributed by atoms with E-state index in [1.165, 1.54) is 17.7 Å². The largest absolute Gasteiger partial charge is 0.377 e. The topological polar surface area (TPSA) is 12.5 Å². The van der Waals surface area contributed by atoms with E-state index in [-0.39, 0.29) is 0 Å². The molecule has 0 bridgehead atoms. The quantitative estimate of drug-likeness (QED) is 0.726. The van der Waals surface area contributed by atoms with Crippen LogP contribution in [-0.2, 0) is 11.3 Å². The van der Waals surface area contributed by atoms with Gasteiger partial charge in [-0.05, 0) is 24.3 Å². The van der Waals surface area contributed by atoms with Crippen molar-refractivity contribution in [2.45, 2.75) is 25.5 Å². The van der Waals surface area contributed by atoms with Gasteiger partial charge in [0.05, 0.1) is 12.6 Å². The number of nitrogens with zero attached hydrogens (tertiary/aromatic N) is 1. The van der Waals surface area contributed by atoms with Gasteiger partial charge in [0, 0.05) is 24.6 Å². The number of terminal acetylenes is 1. The van der Waals surface area contributed by atoms with Gasteiger partial charge in [-0.3, -0.25) is 4.90 Å². The van der Waals surface area contributed by atoms with Crippen molar-refractivity contribution in [3.05, 3.63) is 22.4 Å². The number of hydrogen-bond donors (Lipinski definition) is 0. The monoisotopic (exact) mass is 235 g/mol. The fraction of sp³-hybridized carbons (Fsp3) is 0.538. The molecule has 0 amide bonds. The molecule has 16 heavy (non-hydrogen) atoms. The second-order valence-corrected chi connectivity index (χ2v) is 5.12. The molecule has 1 aromatic heterocycles. The number of rotatable bonds is 5. The van der Waals surface area contributed by atoms with Gasteiger partial charge in [0.1, 0.15) is 0 Å². The second-order valence-electron chi connectivity index (χ2n) is 4.09. The van der Waals surface area contributed by atoms with Crippen molar-refractivity contribution in [2.75, 3.05) is 19.7 Å². The van der Waals surface area contributed by atoms with Crippen LogP contribution in [0.4, 0.5) is 0 Å². The highest BCUT2D eigenvalue weighted by molar-refractivity contribution is 7.09. The zero-order valence-electron chi connectivity index (χ0n) is 9.39. The molecule has 2 heterocycles. The molecule has 0 aromatic carbocycles. The van der Waals surface area contributed by atoms with Gasteiger partial charge in [0.15, 0.2) is 0 Å². The molecule has 3 heteroatoms. The molecule has 0 aliphatic carbocycles. The molecule has 86 valence electrons. The Bertz CT molecular complexity index is 335. The Morgan fingerprint density at radius 1 is 1.62 bits per heavy atom. The maximum atomic E-state index is 5.64. The second kappa shape index (κ2) is 6.05. The molecule has 1 aliphatic rings. The standard InChI is InChI=1S/C13H17NOS/c1-2-7-14(10-12-5-3-8-15-12)11-13-6-4-9-16-13/h1,4,6,9,12H,3,5,7-8,10-11H2/t12-/m1/s1. The first-order valence-corrected chi connectivity index (χ1v) is 6.56. The zero-order valence-corrected chi connectivity index (χ0v) is 10.2. The summed E-state index contributed by atoms with van der Waals surface area (Å²) in [5, 5.41) is 2.11. The summed E-state index contributed by atoms with van der Waals surface area (Å²) in [6.45, 7) is 3.52. The minimum Gasteiger partial charge on any atom is -0.377 e. The Balaban J connectivity index is 1.86. The number of ether oxygens (including phenoxy) is 1. The molecule has 0 N–H and O–H groups in total. The van der Waals surface area contributed by atoms with E-state index in [0.717, 1.165) is 19.7 Å². The van der Waals surface area contributed by atoms with Crippen molar-refractivity contribution in [2.24, 2.45) is 0 Å². The van der Waals surface area contributed by atoms with Gasteiger partial charge in [-0.15, -0.1) is 17.8 Å². The Morgan fingerprint density at radius 2 is 2.56 bits per heavy atom. The van der Waals surface area contributed by atoms with Crippen LogP contribution in [0.2, 0.25) is 0 Å². The summed E-state index contributed by atoms with van der Waals surface area (Å²) in [5.74, 6) is 2.73. The molecule has 0 unspecified atom stereocenters. The van der Waals surface area contributed by atoms with Crippen molar-refractivity contribution in [3.63, 3.8) is 0 Å². The van der Waals surface area contributed by atoms with Crippen LogP contribution < -0.4 is 0 Å². The highest BCUT2D eigenvalue weighted by Crippen LogP contribution is 2.16. The summed E-state index contributed by atoms with van der Waals surface area (Å²) in [4.78, 5) is 3.66. The molecule has 1 aliphatic heterocycles. The average Bonchev–Trinajstić information content (AvgIpc) is 2.91. The predicted octanol–water partition coefficient (Wildman–Crippen LogP) is 2.36. The van der Waals surface area contributed by atoms with Crippen molar-refractivity contribution >= 4 is 11.3 Å². The average molecular weight is 235 g/mol. The summed E-state index contributed by atoms with van der Waals surface area (Å²) in [7, 11) is 0. The summed E-state index contributed by atoms with van der Waals surface area (Å²) >= 11 is 1.78. The van der Waals surface area contributed by atoms with Gasteiger partial charge < -0.3 is 4.74 Å². The molecule has 0 saturated carbocycles. The third kappa shape index (κ3) is 3.34. The van der Waals surface area contributed by atoms with Gasteiger partial charge in [-0.25, -0.2) is 0 Å². The van der Waals surface area contributed by atoms with Crippen LogP contribution in [0.1, 0.15) is 17.7 Å². The Hall–Kier alpha value is -0.820. The first-order valence-electron chi connectivity index (χ1n) is 5.68. The van der Waals surface area contributed by atoms with E-state index in [9.17, 15) is 0 Å². The molecule has 2 rings (SSSR count). The van der Waals surface area contributed by atoms with Crippen molar-refractivity contribution < 1.29 is 4.74 Å². The third-order valence-electron chi connectivity index (χ3n) is 2.76. The lowest BCUT2D eigenvalue weighted by Crippen LogP contribution is -2.31. The summed E-state index contributed by atoms with van der Waals surface area (Å²) in [6.07, 6.45) is 8.15. The molecule has 1 fully saturated rings. The number of hydrogen-bond acceptors (Lipinski definition) is 3. The predicted molar refractivity (Wildman–Crippen MR) is 67.4 cm³/mol. The third-order valence-corrected chi connectivity index (χ3v) is 3.62. The Morgan fingerprint density at radius 3 is 3.19 bits per heavy atom. The van der Waals surface area contributed by atoms with Gasteiger partial charge in [0.25, 0.3) is 0 Å². The molecule has 2 nitrogen and oxygen atoms in total. The summed E-state index contributed by atoms with van der Waals surface area (Å²) < 4.78 is 5.64. The highest BCUT2D eigenvalue weighted by Gasteiger charge is 2.18. The smallest absolute Gasteiger partial charge is 0.0703 e. The van der Waals surface area contributed by atoms with Gasteiger partial charge in [0.2, 0.25) is 0 Å². The fourth-order valence-electron chi connectivity index (χ4n) is 2.01. The van der Waals surface area contributed by atoms with E-state index in [4.69, 9.17) is 11.2 Å². The van der Waals surface area contributed by atoms with E-state index in [1.54, 1.807) is 11.3 Å². The van der Waals surface area contributed by atoms with E-state index in [1.807, 2.05) is 0 Å². The van der Waals surface area contributed by atoms with E-state index in [0.29, 0.717) is 12.6 Å². The van der Waals surface area contributed by atoms with Gasteiger partial charge in [-0.1, -0.05) is 12.0 Å². The first kappa shape index (κ1) is 11.7. The molecular formula is C13H17NOS. The highest BCUT2D eigenvalue weighted by atomic mass is 32.1. The summed E-state index contributed by atoms with van der Waals surface area (Å²) in [6, 6.07) is 4.24. The van der Waals surface area contributed by atoms with Crippen molar-refractivity contribution in [1.82, 2.24) is 4.90 Å². The fourth-order valence-corrected chi connectivity index (χ4v) is 2.76. The van der Waals surface area contributed by atoms with Crippen molar-refractivity contribution in [1.29, 1.82) is 0 Å². The molecule has 1 aromatic rings. The van der Waals surface area contributed by atoms with Crippen LogP contribution in [0.5, 0.6) is 0 Å². The molecule has 0 spiro atoms. The van der Waals surface area contributed by atoms with Gasteiger partial charge in [-0.2, -0.15) is 0 Å². The van der Waals surface area contributed by atoms with E-state index >= 15 is 0 Å². The minimum absolute atomic E-state index is 0.383. The van der Waals surface area contributed by atoms with Crippen LogP contribution in [0.15, 0.2) is 17.5 Å². The molecular weight excluding hydrogens is 218 g/mol. The van der Waals surface area contributed by atoms with Crippen LogP contribution in [-0.4, -0.2) is 30.7 Å². The molecule has 1 saturated heterocycles. The lowest BCUT2D eigenvalue weighted by Gasteiger charge is -2.22. The maximum Gasteiger partial charge on any atom is 0.0703 e. The van der Waals surface area contributed by atoms with Crippen LogP contribution in [0.25, 0.3) is 0 Å². The van der Waals surface area contributed by atoms with Gasteiger partial charge >= 0.3 is 0 Å². The zero-order chi connectivity index (χ0) is 11.2. The molecule has 1 atom stereocenters.